The van der Waals surface area contributed by atoms with Crippen molar-refractivity contribution in [3.05, 3.63) is 17.6 Å². The Morgan fingerprint density at radius 2 is 1.86 bits per heavy atom. The van der Waals surface area contributed by atoms with Crippen molar-refractivity contribution in [2.75, 3.05) is 43.4 Å². The average molecular weight is 288 g/mol. The van der Waals surface area contributed by atoms with E-state index in [1.807, 2.05) is 19.9 Å². The van der Waals surface area contributed by atoms with Crippen molar-refractivity contribution in [1.29, 1.82) is 0 Å². The van der Waals surface area contributed by atoms with Gasteiger partial charge in [0.25, 0.3) is 0 Å². The number of aryl methyl sites for hydroxylation is 2. The second-order valence-electron chi connectivity index (χ2n) is 5.36. The van der Waals surface area contributed by atoms with Crippen LogP contribution in [-0.4, -0.2) is 63.3 Å². The molecule has 1 saturated heterocycles. The van der Waals surface area contributed by atoms with Gasteiger partial charge in [-0.2, -0.15) is 20.1 Å². The van der Waals surface area contributed by atoms with Crippen molar-refractivity contribution >= 4 is 17.7 Å². The van der Waals surface area contributed by atoms with Crippen LogP contribution in [0.25, 0.3) is 0 Å². The van der Waals surface area contributed by atoms with Crippen LogP contribution in [0.15, 0.2) is 6.07 Å². The summed E-state index contributed by atoms with van der Waals surface area (Å²) >= 11 is 0. The second kappa shape index (κ2) is 5.65. The first-order valence-corrected chi connectivity index (χ1v) is 7.05. The number of nitrogens with one attached hydrogen (secondary N) is 2. The number of anilines is 3. The molecule has 3 heterocycles. The maximum Gasteiger partial charge on any atom is 0.233 e. The third kappa shape index (κ3) is 3.27. The van der Waals surface area contributed by atoms with E-state index in [1.54, 1.807) is 0 Å². The Labute approximate surface area is 123 Å². The maximum atomic E-state index is 4.51. The lowest BCUT2D eigenvalue weighted by molar-refractivity contribution is 0.311. The first-order valence-electron chi connectivity index (χ1n) is 7.05. The van der Waals surface area contributed by atoms with Gasteiger partial charge in [0.2, 0.25) is 11.9 Å². The van der Waals surface area contributed by atoms with E-state index in [9.17, 15) is 0 Å². The lowest BCUT2D eigenvalue weighted by Gasteiger charge is -2.32. The number of likely N-dealkylation sites (N-methyl/N-ethyl adjacent to an activating group) is 1. The number of piperazine rings is 1. The smallest absolute Gasteiger partial charge is 0.233 e. The van der Waals surface area contributed by atoms with E-state index in [2.05, 4.69) is 47.3 Å². The Hall–Kier alpha value is -2.22. The van der Waals surface area contributed by atoms with Crippen LogP contribution in [0.5, 0.6) is 0 Å². The normalized spacial score (nSPS) is 16.2. The van der Waals surface area contributed by atoms with Crippen molar-refractivity contribution in [2.24, 2.45) is 0 Å². The summed E-state index contributed by atoms with van der Waals surface area (Å²) in [6.45, 7) is 7.73. The summed E-state index contributed by atoms with van der Waals surface area (Å²) in [6, 6.07) is 1.91. The van der Waals surface area contributed by atoms with E-state index in [4.69, 9.17) is 0 Å². The number of rotatable bonds is 3. The number of aromatic nitrogens is 5. The van der Waals surface area contributed by atoms with Gasteiger partial charge < -0.3 is 15.1 Å². The van der Waals surface area contributed by atoms with Crippen LogP contribution in [0.2, 0.25) is 0 Å². The summed E-state index contributed by atoms with van der Waals surface area (Å²) in [6.07, 6.45) is 0. The van der Waals surface area contributed by atoms with Crippen molar-refractivity contribution < 1.29 is 0 Å². The van der Waals surface area contributed by atoms with Gasteiger partial charge in [0, 0.05) is 37.9 Å². The highest BCUT2D eigenvalue weighted by atomic mass is 15.3. The Morgan fingerprint density at radius 3 is 2.52 bits per heavy atom. The molecule has 0 aromatic carbocycles. The zero-order chi connectivity index (χ0) is 14.8. The minimum atomic E-state index is 0.530. The van der Waals surface area contributed by atoms with Gasteiger partial charge in [-0.3, -0.25) is 5.10 Å². The van der Waals surface area contributed by atoms with E-state index in [-0.39, 0.29) is 0 Å². The molecule has 1 aliphatic heterocycles. The van der Waals surface area contributed by atoms with Gasteiger partial charge in [0.15, 0.2) is 5.82 Å². The van der Waals surface area contributed by atoms with Crippen LogP contribution in [0, 0.1) is 13.8 Å². The Balaban J connectivity index is 1.79. The third-order valence-electron chi connectivity index (χ3n) is 3.47. The van der Waals surface area contributed by atoms with Crippen LogP contribution >= 0.6 is 0 Å². The van der Waals surface area contributed by atoms with Crippen molar-refractivity contribution in [3.63, 3.8) is 0 Å². The van der Waals surface area contributed by atoms with E-state index in [0.29, 0.717) is 17.6 Å². The Bertz CT molecular complexity index is 614. The number of aromatic amines is 1. The molecule has 8 heteroatoms. The van der Waals surface area contributed by atoms with Crippen LogP contribution in [0.1, 0.15) is 11.5 Å². The van der Waals surface area contributed by atoms with Crippen molar-refractivity contribution in [2.45, 2.75) is 13.8 Å². The third-order valence-corrected chi connectivity index (χ3v) is 3.47. The molecule has 2 aromatic heterocycles. The van der Waals surface area contributed by atoms with Crippen LogP contribution in [-0.2, 0) is 0 Å². The predicted molar refractivity (Wildman–Crippen MR) is 80.9 cm³/mol. The predicted octanol–water partition coefficient (Wildman–Crippen LogP) is 0.707. The van der Waals surface area contributed by atoms with Gasteiger partial charge in [0.1, 0.15) is 5.82 Å². The van der Waals surface area contributed by atoms with Crippen LogP contribution in [0.3, 0.4) is 0 Å². The topological polar surface area (TPSA) is 85.9 Å². The van der Waals surface area contributed by atoms with Crippen LogP contribution in [0.4, 0.5) is 17.7 Å². The molecule has 0 radical (unpaired) electrons. The van der Waals surface area contributed by atoms with Gasteiger partial charge in [-0.25, -0.2) is 0 Å². The molecule has 8 nitrogen and oxygen atoms in total. The second-order valence-corrected chi connectivity index (χ2v) is 5.36. The fraction of sp³-hybridized carbons (Fsp3) is 0.538. The number of nitrogens with zero attached hydrogens (tertiary/aromatic N) is 6. The quantitative estimate of drug-likeness (QED) is 0.860. The molecule has 0 aliphatic carbocycles. The lowest BCUT2D eigenvalue weighted by atomic mass is 10.3. The Morgan fingerprint density at radius 1 is 1.10 bits per heavy atom. The molecular formula is C13H20N8. The fourth-order valence-corrected chi connectivity index (χ4v) is 2.27. The summed E-state index contributed by atoms with van der Waals surface area (Å²) in [7, 11) is 2.13. The van der Waals surface area contributed by atoms with Crippen molar-refractivity contribution in [1.82, 2.24) is 30.0 Å². The van der Waals surface area contributed by atoms with Crippen molar-refractivity contribution in [3.8, 4) is 0 Å². The standard InChI is InChI=1S/C13H20N8/c1-9-8-11(19-18-9)16-12-14-10(2)15-13(17-12)21-6-4-20(3)5-7-21/h8H,4-7H2,1-3H3,(H2,14,15,16,17,18,19). The lowest BCUT2D eigenvalue weighted by Crippen LogP contribution is -2.45. The summed E-state index contributed by atoms with van der Waals surface area (Å²) in [5.74, 6) is 2.67. The summed E-state index contributed by atoms with van der Waals surface area (Å²) in [5, 5.41) is 10.1. The fourth-order valence-electron chi connectivity index (χ4n) is 2.27. The molecule has 0 saturated carbocycles. The monoisotopic (exact) mass is 288 g/mol. The Kier molecular flexibility index (Phi) is 3.70. The van der Waals surface area contributed by atoms with Crippen LogP contribution < -0.4 is 10.2 Å². The maximum absolute atomic E-state index is 4.51. The highest BCUT2D eigenvalue weighted by Gasteiger charge is 2.18. The molecule has 3 rings (SSSR count). The summed E-state index contributed by atoms with van der Waals surface area (Å²) < 4.78 is 0. The molecule has 0 spiro atoms. The molecule has 112 valence electrons. The summed E-state index contributed by atoms with van der Waals surface area (Å²) in [5.41, 5.74) is 0.988. The minimum absolute atomic E-state index is 0.530. The minimum Gasteiger partial charge on any atom is -0.338 e. The van der Waals surface area contributed by atoms with Gasteiger partial charge in [0.05, 0.1) is 0 Å². The van der Waals surface area contributed by atoms with Gasteiger partial charge in [-0.1, -0.05) is 0 Å². The number of H-pyrrole nitrogens is 1. The van der Waals surface area contributed by atoms with Gasteiger partial charge in [-0.05, 0) is 20.9 Å². The number of hydrogen-bond donors (Lipinski definition) is 2. The van der Waals surface area contributed by atoms with E-state index in [0.717, 1.165) is 37.8 Å². The zero-order valence-electron chi connectivity index (χ0n) is 12.6. The highest BCUT2D eigenvalue weighted by Crippen LogP contribution is 2.16. The van der Waals surface area contributed by atoms with E-state index in [1.165, 1.54) is 0 Å². The largest absolute Gasteiger partial charge is 0.338 e. The molecule has 0 atom stereocenters. The molecular weight excluding hydrogens is 268 g/mol. The first kappa shape index (κ1) is 13.7. The molecule has 0 unspecified atom stereocenters. The molecule has 21 heavy (non-hydrogen) atoms. The molecule has 0 amide bonds. The molecule has 1 aliphatic rings. The molecule has 2 N–H and O–H groups in total. The molecule has 2 aromatic rings. The molecule has 1 fully saturated rings. The zero-order valence-corrected chi connectivity index (χ0v) is 12.6. The highest BCUT2D eigenvalue weighted by molar-refractivity contribution is 5.49. The average Bonchev–Trinajstić information content (AvgIpc) is 2.84. The number of hydrogen-bond acceptors (Lipinski definition) is 7. The van der Waals surface area contributed by atoms with E-state index < -0.39 is 0 Å². The SMILES string of the molecule is Cc1nc(Nc2cc(C)[nH]n2)nc(N2CCN(C)CC2)n1. The van der Waals surface area contributed by atoms with Gasteiger partial charge in [-0.15, -0.1) is 0 Å². The molecule has 0 bridgehead atoms. The first-order chi connectivity index (χ1) is 10.1. The van der Waals surface area contributed by atoms with Gasteiger partial charge >= 0.3 is 0 Å². The van der Waals surface area contributed by atoms with E-state index >= 15 is 0 Å². The summed E-state index contributed by atoms with van der Waals surface area (Å²) in [4.78, 5) is 17.8.